The molecule has 6 rings (SSSR count). The molecule has 9 nitrogen and oxygen atoms in total. The Morgan fingerprint density at radius 1 is 1.04 bits per heavy atom. The molecular formula is C39H37F2N5O4S. The summed E-state index contributed by atoms with van der Waals surface area (Å²) in [4.78, 5) is 49.0. The van der Waals surface area contributed by atoms with E-state index < -0.39 is 41.5 Å². The number of hydrogen-bond donors (Lipinski definition) is 2. The van der Waals surface area contributed by atoms with Gasteiger partial charge in [0.15, 0.2) is 0 Å². The van der Waals surface area contributed by atoms with E-state index in [9.17, 15) is 14.4 Å². The summed E-state index contributed by atoms with van der Waals surface area (Å²) >= 11 is 1.21. The Balaban J connectivity index is 1.59. The van der Waals surface area contributed by atoms with Crippen LogP contribution < -0.4 is 22.0 Å². The minimum atomic E-state index is -0.789. The van der Waals surface area contributed by atoms with E-state index in [2.05, 4.69) is 22.6 Å². The lowest BCUT2D eigenvalue weighted by atomic mass is 10.0. The number of amides is 2. The Bertz CT molecular complexity index is 2250. The molecule has 0 aliphatic heterocycles. The number of nitrogens with zero attached hydrogens (tertiary/aromatic N) is 3. The van der Waals surface area contributed by atoms with Gasteiger partial charge in [0.1, 0.15) is 16.5 Å². The second kappa shape index (κ2) is 15.6. The molecule has 2 amide bonds. The molecule has 4 aromatic rings. The van der Waals surface area contributed by atoms with Crippen LogP contribution in [0.3, 0.4) is 0 Å². The van der Waals surface area contributed by atoms with Crippen molar-refractivity contribution in [1.82, 2.24) is 24.8 Å². The molecule has 2 N–H and O–H groups in total. The Morgan fingerprint density at radius 2 is 1.76 bits per heavy atom. The van der Waals surface area contributed by atoms with Gasteiger partial charge < -0.3 is 5.32 Å². The lowest BCUT2D eigenvalue weighted by molar-refractivity contribution is 0.107. The van der Waals surface area contributed by atoms with Crippen LogP contribution in [-0.4, -0.2) is 40.3 Å². The summed E-state index contributed by atoms with van der Waals surface area (Å²) in [5.74, 6) is -1.48. The first-order valence-electron chi connectivity index (χ1n) is 16.4. The van der Waals surface area contributed by atoms with Gasteiger partial charge >= 0.3 is 11.7 Å². The molecule has 262 valence electrons. The van der Waals surface area contributed by atoms with Crippen molar-refractivity contribution in [2.45, 2.75) is 38.5 Å². The van der Waals surface area contributed by atoms with Gasteiger partial charge in [0.05, 0.1) is 30.8 Å². The van der Waals surface area contributed by atoms with Gasteiger partial charge in [-0.3, -0.25) is 19.1 Å². The maximum atomic E-state index is 15.4. The van der Waals surface area contributed by atoms with Crippen molar-refractivity contribution in [1.29, 1.82) is 0 Å². The number of hydrogen-bond acceptors (Lipinski definition) is 6. The van der Waals surface area contributed by atoms with E-state index in [1.54, 1.807) is 48.6 Å². The molecule has 0 saturated heterocycles. The zero-order valence-electron chi connectivity index (χ0n) is 28.3. The molecule has 0 radical (unpaired) electrons. The van der Waals surface area contributed by atoms with E-state index in [1.165, 1.54) is 41.2 Å². The Hall–Kier alpha value is -5.43. The second-order valence-electron chi connectivity index (χ2n) is 12.1. The smallest absolute Gasteiger partial charge is 0.327 e. The third-order valence-corrected chi connectivity index (χ3v) is 10.2. The molecule has 2 heterocycles. The fourth-order valence-corrected chi connectivity index (χ4v) is 7.40. The van der Waals surface area contributed by atoms with Crippen LogP contribution in [-0.2, 0) is 17.9 Å². The van der Waals surface area contributed by atoms with Crippen LogP contribution in [0.1, 0.15) is 35.4 Å². The molecule has 1 unspecified atom stereocenters. The quantitative estimate of drug-likeness (QED) is 0.170. The van der Waals surface area contributed by atoms with Crippen LogP contribution in [0.2, 0.25) is 0 Å². The largest absolute Gasteiger partial charge is 0.339 e. The molecule has 0 saturated carbocycles. The Kier molecular flexibility index (Phi) is 10.8. The highest BCUT2D eigenvalue weighted by atomic mass is 32.1. The second-order valence-corrected chi connectivity index (χ2v) is 13.1. The average Bonchev–Trinajstić information content (AvgIpc) is 3.23. The fraction of sp³-hybridized carbons (Fsp3) is 0.205. The van der Waals surface area contributed by atoms with Crippen LogP contribution in [0.15, 0.2) is 136 Å². The number of urea groups is 1. The number of para-hydroxylation sites is 1. The molecule has 12 heteroatoms. The first-order valence-corrected chi connectivity index (χ1v) is 17.2. The van der Waals surface area contributed by atoms with Crippen LogP contribution >= 0.6 is 11.3 Å². The summed E-state index contributed by atoms with van der Waals surface area (Å²) < 4.78 is 33.1. The van der Waals surface area contributed by atoms with Gasteiger partial charge in [0, 0.05) is 29.5 Å². The Morgan fingerprint density at radius 3 is 2.49 bits per heavy atom. The summed E-state index contributed by atoms with van der Waals surface area (Å²) in [6, 6.07) is 17.4. The summed E-state index contributed by atoms with van der Waals surface area (Å²) in [5.41, 5.74) is 3.52. The zero-order chi connectivity index (χ0) is 36.1. The van der Waals surface area contributed by atoms with Gasteiger partial charge in [0.2, 0.25) is 0 Å². The Labute approximate surface area is 297 Å². The molecule has 2 aliphatic rings. The van der Waals surface area contributed by atoms with E-state index >= 15 is 8.78 Å². The maximum Gasteiger partial charge on any atom is 0.339 e. The summed E-state index contributed by atoms with van der Waals surface area (Å²) in [6.07, 6.45) is 13.1. The van der Waals surface area contributed by atoms with Gasteiger partial charge in [-0.25, -0.2) is 28.4 Å². The predicted octanol–water partition coefficient (Wildman–Crippen LogP) is 7.18. The van der Waals surface area contributed by atoms with Crippen molar-refractivity contribution >= 4 is 33.2 Å². The van der Waals surface area contributed by atoms with Crippen LogP contribution in [0.25, 0.3) is 21.5 Å². The van der Waals surface area contributed by atoms with E-state index in [-0.39, 0.29) is 23.4 Å². The summed E-state index contributed by atoms with van der Waals surface area (Å²) in [7, 11) is 3.30. The average molecular weight is 710 g/mol. The van der Waals surface area contributed by atoms with E-state index in [4.69, 9.17) is 4.84 Å². The number of aromatic nitrogens is 2. The number of thiophene rings is 1. The molecule has 0 bridgehead atoms. The van der Waals surface area contributed by atoms with Gasteiger partial charge in [-0.1, -0.05) is 91.1 Å². The number of carbonyl (C=O) groups is 1. The van der Waals surface area contributed by atoms with Crippen LogP contribution in [0, 0.1) is 0 Å². The van der Waals surface area contributed by atoms with Crippen molar-refractivity contribution < 1.29 is 18.4 Å². The van der Waals surface area contributed by atoms with Crippen molar-refractivity contribution in [2.24, 2.45) is 0 Å². The summed E-state index contributed by atoms with van der Waals surface area (Å²) in [6.45, 7) is 1.94. The van der Waals surface area contributed by atoms with Crippen LogP contribution in [0.4, 0.5) is 13.6 Å². The van der Waals surface area contributed by atoms with Crippen molar-refractivity contribution in [2.75, 3.05) is 14.2 Å². The topological polar surface area (TPSA) is 97.6 Å². The third kappa shape index (κ3) is 7.53. The van der Waals surface area contributed by atoms with E-state index in [0.29, 0.717) is 27.5 Å². The molecule has 0 fully saturated rings. The number of carbonyl (C=O) groups excluding carboxylic acids is 1. The molecule has 0 spiro atoms. The normalized spacial score (nSPS) is 16.5. The van der Waals surface area contributed by atoms with Crippen LogP contribution in [0.5, 0.6) is 0 Å². The van der Waals surface area contributed by atoms with Crippen molar-refractivity contribution in [3.05, 3.63) is 163 Å². The molecular weight excluding hydrogens is 673 g/mol. The van der Waals surface area contributed by atoms with Gasteiger partial charge in [-0.15, -0.1) is 11.3 Å². The number of nitrogens with one attached hydrogen (secondary N) is 2. The highest BCUT2D eigenvalue weighted by Gasteiger charge is 2.27. The number of benzene rings is 2. The first-order chi connectivity index (χ1) is 24.7. The summed E-state index contributed by atoms with van der Waals surface area (Å²) in [5, 5.41) is 3.05. The van der Waals surface area contributed by atoms with Crippen molar-refractivity contribution in [3.63, 3.8) is 0 Å². The highest BCUT2D eigenvalue weighted by molar-refractivity contribution is 7.20. The number of allylic oxidation sites excluding steroid dienone is 10. The molecule has 2 aromatic carbocycles. The van der Waals surface area contributed by atoms with E-state index in [0.717, 1.165) is 15.7 Å². The minimum absolute atomic E-state index is 0.0559. The minimum Gasteiger partial charge on any atom is -0.327 e. The molecule has 51 heavy (non-hydrogen) atoms. The monoisotopic (exact) mass is 709 g/mol. The number of hydroxylamine groups is 1. The maximum absolute atomic E-state index is 15.4. The standard InChI is InChI=1S/C39H37F2N5O4S/c1-25(26-13-6-4-7-14-26)44(2)23-31-34-36(47)46(29-17-8-5-9-18-29)39(49)45(24-30-32(40)19-10-11-20-33(30)41)37(34)51-35(31)27-15-12-16-28(22-21-27)42-38(48)43-50-3/h4-19,21-22,25,28H,20,23-24H2,1-3H3,(H2,42,43,48)/t25-,28?/m1/s1. The zero-order valence-corrected chi connectivity index (χ0v) is 29.1. The van der Waals surface area contributed by atoms with Gasteiger partial charge in [-0.05, 0) is 48.9 Å². The van der Waals surface area contributed by atoms with E-state index in [1.807, 2.05) is 49.5 Å². The third-order valence-electron chi connectivity index (χ3n) is 8.88. The predicted molar refractivity (Wildman–Crippen MR) is 198 cm³/mol. The number of halogens is 2. The van der Waals surface area contributed by atoms with Crippen molar-refractivity contribution in [3.8, 4) is 5.69 Å². The van der Waals surface area contributed by atoms with Gasteiger partial charge in [-0.2, -0.15) is 0 Å². The fourth-order valence-electron chi connectivity index (χ4n) is 6.09. The first kappa shape index (κ1) is 35.4. The molecule has 2 aliphatic carbocycles. The van der Waals surface area contributed by atoms with Gasteiger partial charge in [0.25, 0.3) is 5.56 Å². The lowest BCUT2D eigenvalue weighted by Crippen LogP contribution is -2.39. The molecule has 2 atom stereocenters. The number of rotatable bonds is 10. The number of fused-ring (bicyclic) bond motifs is 1. The highest BCUT2D eigenvalue weighted by Crippen LogP contribution is 2.38. The SMILES string of the molecule is CONC(=O)NC1C=CC=C(c2sc3c(c2CN(C)[C@H](C)c2ccccc2)c(=O)n(-c2ccccc2)c(=O)n3CC2=C(F)CC=CC=C2F)C=C1. The lowest BCUT2D eigenvalue weighted by Gasteiger charge is -2.25. The molecule has 2 aromatic heterocycles.